The summed E-state index contributed by atoms with van der Waals surface area (Å²) in [6, 6.07) is 44.4. The lowest BCUT2D eigenvalue weighted by Gasteiger charge is -2.30. The molecule has 0 nitrogen and oxygen atoms in total. The molecule has 0 aliphatic carbocycles. The quantitative estimate of drug-likeness (QED) is 0.185. The third-order valence-corrected chi connectivity index (χ3v) is 16.2. The van der Waals surface area contributed by atoms with Crippen LogP contribution < -0.4 is 21.2 Å². The van der Waals surface area contributed by atoms with Crippen LogP contribution >= 0.6 is 12.1 Å². The minimum atomic E-state index is -2.48. The maximum atomic E-state index is 6.91. The highest BCUT2D eigenvalue weighted by Crippen LogP contribution is 2.61. The molecule has 0 aliphatic heterocycles. The van der Waals surface area contributed by atoms with Crippen molar-refractivity contribution in [1.29, 1.82) is 0 Å². The molecule has 0 saturated carbocycles. The van der Waals surface area contributed by atoms with Gasteiger partial charge in [0.05, 0.1) is 0 Å². The Labute approximate surface area is 237 Å². The molecule has 188 valence electrons. The van der Waals surface area contributed by atoms with Crippen LogP contribution in [0.5, 0.6) is 0 Å². The van der Waals surface area contributed by atoms with Crippen molar-refractivity contribution in [2.75, 3.05) is 0 Å². The molecule has 0 heterocycles. The summed E-state index contributed by atoms with van der Waals surface area (Å²) >= 11 is 13.7. The predicted octanol–water partition coefficient (Wildman–Crippen LogP) is 7.86. The van der Waals surface area contributed by atoms with Crippen molar-refractivity contribution in [1.82, 2.24) is 0 Å². The van der Waals surface area contributed by atoms with E-state index >= 15 is 0 Å². The number of benzene rings is 5. The van der Waals surface area contributed by atoms with E-state index in [2.05, 4.69) is 159 Å². The summed E-state index contributed by atoms with van der Waals surface area (Å²) in [6.07, 6.45) is 0. The Morgan fingerprint density at radius 2 is 0.842 bits per heavy atom. The first-order valence-electron chi connectivity index (χ1n) is 12.7. The predicted molar refractivity (Wildman–Crippen MR) is 177 cm³/mol. The van der Waals surface area contributed by atoms with Gasteiger partial charge in [0.1, 0.15) is 0 Å². The summed E-state index contributed by atoms with van der Waals surface area (Å²) in [6.45, 7) is 4.32. The molecule has 5 rings (SSSR count). The topological polar surface area (TPSA) is 0 Å². The third-order valence-electron chi connectivity index (χ3n) is 6.68. The average Bonchev–Trinajstić information content (AvgIpc) is 2.97. The van der Waals surface area contributed by atoms with E-state index in [0.717, 1.165) is 0 Å². The molecule has 0 fully saturated rings. The van der Waals surface area contributed by atoms with E-state index in [9.17, 15) is 0 Å². The van der Waals surface area contributed by atoms with E-state index in [1.54, 1.807) is 0 Å². The monoisotopic (exact) mass is 564 g/mol. The molecule has 0 saturated heterocycles. The van der Waals surface area contributed by atoms with Crippen LogP contribution in [-0.4, -0.2) is 0 Å². The number of hydrogen-bond donors (Lipinski definition) is 0. The van der Waals surface area contributed by atoms with Gasteiger partial charge in [-0.05, 0) is 46.4 Å². The summed E-state index contributed by atoms with van der Waals surface area (Å²) in [5, 5.41) is 5.87. The second-order valence-electron chi connectivity index (χ2n) is 9.50. The van der Waals surface area contributed by atoms with Gasteiger partial charge in [0.2, 0.25) is 0 Å². The van der Waals surface area contributed by atoms with Crippen molar-refractivity contribution >= 4 is 62.2 Å². The van der Waals surface area contributed by atoms with Gasteiger partial charge in [0.15, 0.2) is 0 Å². The first kappa shape index (κ1) is 26.7. The lowest BCUT2D eigenvalue weighted by atomic mass is 10.1. The zero-order chi connectivity index (χ0) is 26.6. The molecule has 0 aromatic heterocycles. The fourth-order valence-corrected chi connectivity index (χ4v) is 13.7. The van der Waals surface area contributed by atoms with Crippen LogP contribution in [0.2, 0.25) is 0 Å². The summed E-state index contributed by atoms with van der Waals surface area (Å²) in [4.78, 5) is 0. The van der Waals surface area contributed by atoms with E-state index in [4.69, 9.17) is 23.6 Å². The minimum Gasteiger partial charge on any atom is -0.0832 e. The molecular formula is C34H30P2S2. The first-order valence-corrected chi connectivity index (χ1v) is 18.3. The van der Waals surface area contributed by atoms with E-state index in [0.29, 0.717) is 0 Å². The van der Waals surface area contributed by atoms with Gasteiger partial charge in [0, 0.05) is 17.4 Å². The van der Waals surface area contributed by atoms with Gasteiger partial charge in [-0.3, -0.25) is 0 Å². The largest absolute Gasteiger partial charge is 0.0832 e. The molecule has 0 atom stereocenters. The molecule has 0 bridgehead atoms. The Morgan fingerprint density at radius 1 is 0.500 bits per heavy atom. The van der Waals surface area contributed by atoms with Crippen LogP contribution in [0.1, 0.15) is 16.7 Å². The molecule has 0 amide bonds. The molecule has 0 N–H and O–H groups in total. The molecule has 38 heavy (non-hydrogen) atoms. The molecule has 5 aromatic rings. The van der Waals surface area contributed by atoms with Crippen molar-refractivity contribution in [2.45, 2.75) is 13.8 Å². The van der Waals surface area contributed by atoms with Gasteiger partial charge in [-0.1, -0.05) is 174 Å². The Bertz CT molecular complexity index is 1550. The van der Waals surface area contributed by atoms with Crippen LogP contribution in [0.15, 0.2) is 145 Å². The van der Waals surface area contributed by atoms with Gasteiger partial charge >= 0.3 is 0 Å². The molecule has 0 spiro atoms. The normalized spacial score (nSPS) is 12.3. The molecular weight excluding hydrogens is 534 g/mol. The highest BCUT2D eigenvalue weighted by atomic mass is 32.4. The molecule has 4 heteroatoms. The van der Waals surface area contributed by atoms with E-state index in [-0.39, 0.29) is 0 Å². The summed E-state index contributed by atoms with van der Waals surface area (Å²) in [7, 11) is 0. The Morgan fingerprint density at radius 3 is 1.21 bits per heavy atom. The highest BCUT2D eigenvalue weighted by Gasteiger charge is 2.31. The molecule has 0 unspecified atom stereocenters. The number of rotatable bonds is 7. The van der Waals surface area contributed by atoms with Crippen LogP contribution in [0.25, 0.3) is 5.31 Å². The Hall–Kier alpha value is -2.86. The first-order chi connectivity index (χ1) is 18.4. The summed E-state index contributed by atoms with van der Waals surface area (Å²) in [5.41, 5.74) is 3.61. The lowest BCUT2D eigenvalue weighted by molar-refractivity contribution is 1.37. The second-order valence-corrected chi connectivity index (χ2v) is 18.2. The fraction of sp³-hybridized carbons (Fsp3) is 0.0588. The minimum absolute atomic E-state index is 1.17. The van der Waals surface area contributed by atoms with Gasteiger partial charge < -0.3 is 0 Å². The van der Waals surface area contributed by atoms with E-state index < -0.39 is 12.1 Å². The number of hydrogen-bond acceptors (Lipinski definition) is 2. The maximum absolute atomic E-state index is 6.91. The summed E-state index contributed by atoms with van der Waals surface area (Å²) in [5.74, 6) is 2.40. The van der Waals surface area contributed by atoms with E-state index in [1.165, 1.54) is 43.2 Å². The van der Waals surface area contributed by atoms with Crippen molar-refractivity contribution in [3.05, 3.63) is 162 Å². The third kappa shape index (κ3) is 5.33. The lowest BCUT2D eigenvalue weighted by Crippen LogP contribution is -2.19. The van der Waals surface area contributed by atoms with Crippen molar-refractivity contribution < 1.29 is 0 Å². The Kier molecular flexibility index (Phi) is 8.08. The van der Waals surface area contributed by atoms with Crippen LogP contribution in [0.3, 0.4) is 0 Å². The second kappa shape index (κ2) is 11.5. The van der Waals surface area contributed by atoms with Crippen LogP contribution in [-0.2, 0) is 23.6 Å². The number of aryl methyl sites for hydroxylation is 2. The van der Waals surface area contributed by atoms with Crippen LogP contribution in [0.4, 0.5) is 0 Å². The Balaban J connectivity index is 1.92. The highest BCUT2D eigenvalue weighted by molar-refractivity contribution is 8.28. The standard InChI is InChI=1S/C34H30P2S2/c1-27-23-28(2)25-29(24-27)34(36(38,32-19-11-5-12-20-32)33-21-13-6-14-22-33)26-35(37,30-15-7-3-8-16-30)31-17-9-4-10-18-31/h3-26H,1-2H3/b34-26+. The van der Waals surface area contributed by atoms with Crippen molar-refractivity contribution in [3.8, 4) is 0 Å². The van der Waals surface area contributed by atoms with Gasteiger partial charge in [-0.15, -0.1) is 0 Å². The maximum Gasteiger partial charge on any atom is 0.0386 e. The van der Waals surface area contributed by atoms with Crippen molar-refractivity contribution in [2.24, 2.45) is 0 Å². The fourth-order valence-electron chi connectivity index (χ4n) is 4.93. The van der Waals surface area contributed by atoms with Gasteiger partial charge in [-0.25, -0.2) is 0 Å². The molecule has 5 aromatic carbocycles. The average molecular weight is 565 g/mol. The van der Waals surface area contributed by atoms with Gasteiger partial charge in [0.25, 0.3) is 0 Å². The van der Waals surface area contributed by atoms with Crippen molar-refractivity contribution in [3.63, 3.8) is 0 Å². The van der Waals surface area contributed by atoms with Gasteiger partial charge in [-0.2, -0.15) is 0 Å². The van der Waals surface area contributed by atoms with Crippen LogP contribution in [0, 0.1) is 13.8 Å². The molecule has 0 radical (unpaired) electrons. The smallest absolute Gasteiger partial charge is 0.0386 e. The SMILES string of the molecule is Cc1cc(C)cc(/C(=C\P(=S)(c2ccccc2)c2ccccc2)P(=S)(c2ccccc2)c2ccccc2)c1. The zero-order valence-electron chi connectivity index (χ0n) is 21.6. The van der Waals surface area contributed by atoms with E-state index in [1.807, 2.05) is 0 Å². The summed E-state index contributed by atoms with van der Waals surface area (Å²) < 4.78 is 0. The molecule has 0 aliphatic rings. The zero-order valence-corrected chi connectivity index (χ0v) is 25.0.